The van der Waals surface area contributed by atoms with Gasteiger partial charge in [0.05, 0.1) is 10.5 Å². The number of hydrogen-bond donors (Lipinski definition) is 2. The van der Waals surface area contributed by atoms with E-state index in [1.807, 2.05) is 0 Å². The molecule has 2 unspecified atom stereocenters. The second kappa shape index (κ2) is 9.56. The molecule has 4 rings (SSSR count). The summed E-state index contributed by atoms with van der Waals surface area (Å²) in [6, 6.07) is 6.05. The molecule has 1 fully saturated rings. The van der Waals surface area contributed by atoms with Crippen LogP contribution in [-0.4, -0.2) is 44.7 Å². The third-order valence-electron chi connectivity index (χ3n) is 6.57. The standard InChI is InChI=1S/C24H31N3O4S2/c1-15-6-11-19-20(13-15)32-24(21(19)23(29)25-3)26-22(28)17-7-9-18(10-8-17)33(30,31)27-12-4-5-16(2)14-27/h7-10,15-16H,4-6,11-14H2,1-3H3,(H,25,29)(H,26,28). The van der Waals surface area contributed by atoms with Crippen molar-refractivity contribution in [3.8, 4) is 0 Å². The van der Waals surface area contributed by atoms with Gasteiger partial charge in [0.1, 0.15) is 5.00 Å². The lowest BCUT2D eigenvalue weighted by molar-refractivity contribution is 0.0963. The molecule has 1 aromatic heterocycles. The van der Waals surface area contributed by atoms with E-state index in [0.717, 1.165) is 42.5 Å². The zero-order valence-electron chi connectivity index (χ0n) is 19.3. The lowest BCUT2D eigenvalue weighted by atomic mass is 9.88. The van der Waals surface area contributed by atoms with E-state index in [1.54, 1.807) is 7.05 Å². The zero-order chi connectivity index (χ0) is 23.8. The van der Waals surface area contributed by atoms with Crippen molar-refractivity contribution in [3.63, 3.8) is 0 Å². The first kappa shape index (κ1) is 23.9. The van der Waals surface area contributed by atoms with Crippen LogP contribution in [0.3, 0.4) is 0 Å². The number of amides is 2. The Balaban J connectivity index is 1.55. The van der Waals surface area contributed by atoms with Crippen molar-refractivity contribution in [1.29, 1.82) is 0 Å². The predicted molar refractivity (Wildman–Crippen MR) is 130 cm³/mol. The number of rotatable bonds is 5. The van der Waals surface area contributed by atoms with E-state index in [9.17, 15) is 18.0 Å². The van der Waals surface area contributed by atoms with Crippen molar-refractivity contribution < 1.29 is 18.0 Å². The molecule has 1 aromatic carbocycles. The summed E-state index contributed by atoms with van der Waals surface area (Å²) in [6.07, 6.45) is 4.65. The van der Waals surface area contributed by atoms with Crippen molar-refractivity contribution in [2.45, 2.75) is 50.8 Å². The number of hydrogen-bond acceptors (Lipinski definition) is 5. The highest BCUT2D eigenvalue weighted by Gasteiger charge is 2.30. The van der Waals surface area contributed by atoms with Gasteiger partial charge in [0, 0.05) is 30.6 Å². The number of fused-ring (bicyclic) bond motifs is 1. The smallest absolute Gasteiger partial charge is 0.256 e. The molecular formula is C24H31N3O4S2. The predicted octanol–water partition coefficient (Wildman–Crippen LogP) is 3.91. The molecule has 2 amide bonds. The van der Waals surface area contributed by atoms with Crippen LogP contribution in [0.5, 0.6) is 0 Å². The third-order valence-corrected chi connectivity index (χ3v) is 9.62. The van der Waals surface area contributed by atoms with Crippen molar-refractivity contribution in [1.82, 2.24) is 9.62 Å². The molecule has 33 heavy (non-hydrogen) atoms. The molecule has 178 valence electrons. The number of carbonyl (C=O) groups excluding carboxylic acids is 2. The molecule has 2 heterocycles. The molecule has 1 aliphatic heterocycles. The number of piperidine rings is 1. The van der Waals surface area contributed by atoms with E-state index in [1.165, 1.54) is 39.9 Å². The Bertz CT molecular complexity index is 1160. The van der Waals surface area contributed by atoms with Crippen LogP contribution in [0.15, 0.2) is 29.2 Å². The maximum Gasteiger partial charge on any atom is 0.256 e. The molecule has 2 aliphatic rings. The first-order valence-corrected chi connectivity index (χ1v) is 13.7. The molecule has 1 saturated heterocycles. The molecule has 0 radical (unpaired) electrons. The van der Waals surface area contributed by atoms with Gasteiger partial charge in [0.15, 0.2) is 0 Å². The summed E-state index contributed by atoms with van der Waals surface area (Å²) in [5, 5.41) is 6.14. The molecule has 2 N–H and O–H groups in total. The number of thiophene rings is 1. The van der Waals surface area contributed by atoms with Gasteiger partial charge in [0.2, 0.25) is 10.0 Å². The second-order valence-corrected chi connectivity index (χ2v) is 12.3. The number of carbonyl (C=O) groups is 2. The van der Waals surface area contributed by atoms with Gasteiger partial charge in [-0.15, -0.1) is 11.3 Å². The maximum atomic E-state index is 13.0. The van der Waals surface area contributed by atoms with E-state index in [0.29, 0.717) is 41.1 Å². The van der Waals surface area contributed by atoms with Gasteiger partial charge in [-0.2, -0.15) is 4.31 Å². The fourth-order valence-electron chi connectivity index (χ4n) is 4.67. The minimum absolute atomic E-state index is 0.194. The minimum Gasteiger partial charge on any atom is -0.355 e. The van der Waals surface area contributed by atoms with Crippen LogP contribution in [-0.2, 0) is 22.9 Å². The summed E-state index contributed by atoms with van der Waals surface area (Å²) in [5.41, 5.74) is 1.93. The van der Waals surface area contributed by atoms with Gasteiger partial charge in [-0.05, 0) is 73.8 Å². The summed E-state index contributed by atoms with van der Waals surface area (Å²) in [7, 11) is -1.99. The van der Waals surface area contributed by atoms with Crippen molar-refractivity contribution in [3.05, 3.63) is 45.8 Å². The Labute approximate surface area is 199 Å². The monoisotopic (exact) mass is 489 g/mol. The van der Waals surface area contributed by atoms with Gasteiger partial charge in [-0.1, -0.05) is 13.8 Å². The minimum atomic E-state index is -3.57. The van der Waals surface area contributed by atoms with E-state index in [-0.39, 0.29) is 16.7 Å². The van der Waals surface area contributed by atoms with Crippen LogP contribution in [0.25, 0.3) is 0 Å². The summed E-state index contributed by atoms with van der Waals surface area (Å²) >= 11 is 1.46. The van der Waals surface area contributed by atoms with Crippen LogP contribution in [0, 0.1) is 11.8 Å². The third kappa shape index (κ3) is 4.85. The summed E-state index contributed by atoms with van der Waals surface area (Å²) in [4.78, 5) is 26.9. The average molecular weight is 490 g/mol. The number of sulfonamides is 1. The summed E-state index contributed by atoms with van der Waals surface area (Å²) in [5.74, 6) is 0.333. The SMILES string of the molecule is CNC(=O)c1c(NC(=O)c2ccc(S(=O)(=O)N3CCCC(C)C3)cc2)sc2c1CCC(C)C2. The Morgan fingerprint density at radius 1 is 1.06 bits per heavy atom. The average Bonchev–Trinajstić information content (AvgIpc) is 3.15. The molecule has 0 bridgehead atoms. The van der Waals surface area contributed by atoms with Crippen LogP contribution in [0.4, 0.5) is 5.00 Å². The van der Waals surface area contributed by atoms with Gasteiger partial charge in [-0.3, -0.25) is 9.59 Å². The largest absolute Gasteiger partial charge is 0.355 e. The van der Waals surface area contributed by atoms with Crippen molar-refractivity contribution in [2.75, 3.05) is 25.5 Å². The first-order chi connectivity index (χ1) is 15.7. The Kier molecular flexibility index (Phi) is 6.93. The van der Waals surface area contributed by atoms with Gasteiger partial charge < -0.3 is 10.6 Å². The lowest BCUT2D eigenvalue weighted by Crippen LogP contribution is -2.39. The van der Waals surface area contributed by atoms with Crippen LogP contribution < -0.4 is 10.6 Å². The molecule has 2 aromatic rings. The molecule has 9 heteroatoms. The quantitative estimate of drug-likeness (QED) is 0.666. The fraction of sp³-hybridized carbons (Fsp3) is 0.500. The number of benzene rings is 1. The Morgan fingerprint density at radius 3 is 2.45 bits per heavy atom. The summed E-state index contributed by atoms with van der Waals surface area (Å²) < 4.78 is 27.5. The molecule has 2 atom stereocenters. The van der Waals surface area contributed by atoms with Gasteiger partial charge in [-0.25, -0.2) is 8.42 Å². The number of nitrogens with zero attached hydrogens (tertiary/aromatic N) is 1. The van der Waals surface area contributed by atoms with Gasteiger partial charge in [0.25, 0.3) is 11.8 Å². The highest BCUT2D eigenvalue weighted by Crippen LogP contribution is 2.39. The van der Waals surface area contributed by atoms with Crippen LogP contribution in [0.2, 0.25) is 0 Å². The number of anilines is 1. The first-order valence-electron chi connectivity index (χ1n) is 11.5. The highest BCUT2D eigenvalue weighted by atomic mass is 32.2. The lowest BCUT2D eigenvalue weighted by Gasteiger charge is -2.30. The van der Waals surface area contributed by atoms with Crippen LogP contribution >= 0.6 is 11.3 Å². The molecule has 1 aliphatic carbocycles. The molecule has 0 saturated carbocycles. The second-order valence-electron chi connectivity index (χ2n) is 9.22. The van der Waals surface area contributed by atoms with E-state index in [2.05, 4.69) is 24.5 Å². The maximum absolute atomic E-state index is 13.0. The van der Waals surface area contributed by atoms with Crippen molar-refractivity contribution in [2.24, 2.45) is 11.8 Å². The zero-order valence-corrected chi connectivity index (χ0v) is 20.9. The normalized spacial score (nSPS) is 21.3. The topological polar surface area (TPSA) is 95.6 Å². The molecule has 7 nitrogen and oxygen atoms in total. The van der Waals surface area contributed by atoms with Crippen LogP contribution in [0.1, 0.15) is 64.3 Å². The van der Waals surface area contributed by atoms with Gasteiger partial charge >= 0.3 is 0 Å². The van der Waals surface area contributed by atoms with E-state index >= 15 is 0 Å². The summed E-state index contributed by atoms with van der Waals surface area (Å²) in [6.45, 7) is 5.30. The Hall–Kier alpha value is -2.23. The van der Waals surface area contributed by atoms with E-state index < -0.39 is 10.0 Å². The van der Waals surface area contributed by atoms with E-state index in [4.69, 9.17) is 0 Å². The molecule has 0 spiro atoms. The highest BCUT2D eigenvalue weighted by molar-refractivity contribution is 7.89. The number of nitrogens with one attached hydrogen (secondary N) is 2. The Morgan fingerprint density at radius 2 is 1.79 bits per heavy atom. The molecular weight excluding hydrogens is 458 g/mol. The fourth-order valence-corrected chi connectivity index (χ4v) is 7.67. The van der Waals surface area contributed by atoms with Crippen molar-refractivity contribution >= 4 is 38.2 Å².